The van der Waals surface area contributed by atoms with Crippen LogP contribution in [-0.4, -0.2) is 70.4 Å². The number of nitrogens with zero attached hydrogens (tertiary/aromatic N) is 4. The van der Waals surface area contributed by atoms with Crippen LogP contribution in [0.2, 0.25) is 0 Å². The summed E-state index contributed by atoms with van der Waals surface area (Å²) in [7, 11) is -1.10. The number of benzene rings is 1. The summed E-state index contributed by atoms with van der Waals surface area (Å²) in [4.78, 5) is 7.55. The fourth-order valence-corrected chi connectivity index (χ4v) is 8.29. The molecule has 4 rings (SSSR count). The fourth-order valence-electron chi connectivity index (χ4n) is 5.26. The number of hydrogen-bond donors (Lipinski definition) is 0. The minimum Gasteiger partial charge on any atom is -0.339 e. The Morgan fingerprint density at radius 2 is 2.00 bits per heavy atom. The number of aromatic nitrogens is 2. The van der Waals surface area contributed by atoms with Gasteiger partial charge < -0.3 is 9.47 Å². The summed E-state index contributed by atoms with van der Waals surface area (Å²) in [6, 6.07) is 8.24. The van der Waals surface area contributed by atoms with Crippen LogP contribution in [-0.2, 0) is 33.3 Å². The molecule has 1 spiro atoms. The molecule has 0 amide bonds. The molecule has 2 aliphatic heterocycles. The molecule has 0 radical (unpaired) electrons. The smallest absolute Gasteiger partial charge is 0.261 e. The third-order valence-electron chi connectivity index (χ3n) is 7.65. The second kappa shape index (κ2) is 10.0. The first-order chi connectivity index (χ1) is 16.2. The third-order valence-corrected chi connectivity index (χ3v) is 11.0. The van der Waals surface area contributed by atoms with Gasteiger partial charge in [0.15, 0.2) is 5.03 Å². The number of hydrogen-bond acceptors (Lipinski definition) is 5. The van der Waals surface area contributed by atoms with Gasteiger partial charge in [-0.2, -0.15) is 4.31 Å². The lowest BCUT2D eigenvalue weighted by Gasteiger charge is -2.40. The highest BCUT2D eigenvalue weighted by Crippen LogP contribution is 2.44. The Balaban J connectivity index is 1.37. The van der Waals surface area contributed by atoms with Gasteiger partial charge in [0, 0.05) is 42.9 Å². The quantitative estimate of drug-likeness (QED) is 0.516. The average molecular weight is 505 g/mol. The monoisotopic (exact) mass is 504 g/mol. The maximum Gasteiger partial charge on any atom is 0.261 e. The predicted molar refractivity (Wildman–Crippen MR) is 136 cm³/mol. The molecule has 2 atom stereocenters. The first-order valence-electron chi connectivity index (χ1n) is 11.9. The Labute approximate surface area is 206 Å². The van der Waals surface area contributed by atoms with Crippen molar-refractivity contribution < 1.29 is 12.6 Å². The van der Waals surface area contributed by atoms with E-state index in [2.05, 4.69) is 35.0 Å². The summed E-state index contributed by atoms with van der Waals surface area (Å²) < 4.78 is 41.7. The summed E-state index contributed by atoms with van der Waals surface area (Å²) in [6.45, 7) is 7.41. The molecule has 9 heteroatoms. The molecule has 0 N–H and O–H groups in total. The van der Waals surface area contributed by atoms with Crippen molar-refractivity contribution in [2.24, 2.45) is 13.0 Å². The van der Waals surface area contributed by atoms with E-state index in [1.54, 1.807) is 24.9 Å². The lowest BCUT2D eigenvalue weighted by atomic mass is 9.74. The van der Waals surface area contributed by atoms with E-state index in [-0.39, 0.29) is 16.4 Å². The average Bonchev–Trinajstić information content (AvgIpc) is 3.39. The molecule has 0 aliphatic carbocycles. The largest absolute Gasteiger partial charge is 0.339 e. The van der Waals surface area contributed by atoms with Gasteiger partial charge in [0.1, 0.15) is 0 Å². The van der Waals surface area contributed by atoms with Crippen molar-refractivity contribution in [2.75, 3.05) is 39.0 Å². The Hall–Kier alpha value is -1.81. The molecule has 34 heavy (non-hydrogen) atoms. The first kappa shape index (κ1) is 25.3. The molecule has 0 bridgehead atoms. The van der Waals surface area contributed by atoms with Crippen molar-refractivity contribution in [2.45, 2.75) is 48.4 Å². The maximum absolute atomic E-state index is 13.0. The minimum absolute atomic E-state index is 0.0492. The standard InChI is InChI=1S/C25H36N4O3S2/c1-5-20(2)21(16-28(4)34(31,32)24-17-27(3)19-26-24)10-13-29-14-11-25(12-15-29)18-33(30)23-9-7-6-8-22(23)25/h5-9,17,19,21H,10-16,18H2,1-4H3/b20-5+/t21-,33?/m1/s1. The molecule has 7 nitrogen and oxygen atoms in total. The Morgan fingerprint density at radius 1 is 1.29 bits per heavy atom. The lowest BCUT2D eigenvalue weighted by molar-refractivity contribution is 0.163. The van der Waals surface area contributed by atoms with Gasteiger partial charge >= 0.3 is 0 Å². The second-order valence-electron chi connectivity index (χ2n) is 9.79. The molecule has 1 aromatic carbocycles. The van der Waals surface area contributed by atoms with E-state index < -0.39 is 20.8 Å². The predicted octanol–water partition coefficient (Wildman–Crippen LogP) is 3.17. The van der Waals surface area contributed by atoms with Gasteiger partial charge in [-0.25, -0.2) is 13.4 Å². The van der Waals surface area contributed by atoms with E-state index in [1.807, 2.05) is 19.1 Å². The SMILES string of the molecule is C/C=C(\C)[C@H](CCN1CCC2(CC1)CS(=O)c1ccccc12)CN(C)S(=O)(=O)c1cn(C)cn1. The normalized spacial score (nSPS) is 21.8. The van der Waals surface area contributed by atoms with Crippen molar-refractivity contribution in [3.05, 3.63) is 54.0 Å². The van der Waals surface area contributed by atoms with E-state index in [0.29, 0.717) is 6.54 Å². The third kappa shape index (κ3) is 4.94. The first-order valence-corrected chi connectivity index (χ1v) is 14.7. The number of imidazole rings is 1. The van der Waals surface area contributed by atoms with Crippen molar-refractivity contribution in [3.63, 3.8) is 0 Å². The van der Waals surface area contributed by atoms with Gasteiger partial charge in [-0.3, -0.25) is 4.21 Å². The number of fused-ring (bicyclic) bond motifs is 2. The van der Waals surface area contributed by atoms with Crippen molar-refractivity contribution in [1.29, 1.82) is 0 Å². The summed E-state index contributed by atoms with van der Waals surface area (Å²) in [5.41, 5.74) is 2.54. The molecule has 1 aromatic heterocycles. The number of sulfonamides is 1. The fraction of sp³-hybridized carbons (Fsp3) is 0.560. The maximum atomic E-state index is 13.0. The topological polar surface area (TPSA) is 75.5 Å². The molecule has 2 aliphatic rings. The molecule has 2 aromatic rings. The molecular formula is C25H36N4O3S2. The molecule has 186 valence electrons. The van der Waals surface area contributed by atoms with E-state index in [9.17, 15) is 12.6 Å². The minimum atomic E-state index is -3.62. The summed E-state index contributed by atoms with van der Waals surface area (Å²) in [5, 5.41) is 0.0879. The molecular weight excluding hydrogens is 468 g/mol. The van der Waals surface area contributed by atoms with Crippen LogP contribution in [0.5, 0.6) is 0 Å². The lowest BCUT2D eigenvalue weighted by Crippen LogP contribution is -2.44. The van der Waals surface area contributed by atoms with Gasteiger partial charge in [-0.1, -0.05) is 29.8 Å². The second-order valence-corrected chi connectivity index (χ2v) is 13.2. The summed E-state index contributed by atoms with van der Waals surface area (Å²) in [6.07, 6.45) is 8.08. The van der Waals surface area contributed by atoms with Gasteiger partial charge in [0.05, 0.1) is 17.1 Å². The van der Waals surface area contributed by atoms with Crippen LogP contribution in [0.15, 0.2) is 58.4 Å². The van der Waals surface area contributed by atoms with Crippen molar-refractivity contribution in [1.82, 2.24) is 18.8 Å². The number of aryl methyl sites for hydroxylation is 1. The summed E-state index contributed by atoms with van der Waals surface area (Å²) in [5.74, 6) is 0.889. The molecule has 1 unspecified atom stereocenters. The molecule has 1 fully saturated rings. The summed E-state index contributed by atoms with van der Waals surface area (Å²) >= 11 is 0. The number of allylic oxidation sites excluding steroid dienone is 1. The van der Waals surface area contributed by atoms with Crippen LogP contribution in [0.1, 0.15) is 38.7 Å². The zero-order valence-corrected chi connectivity index (χ0v) is 22.2. The number of piperidine rings is 1. The highest BCUT2D eigenvalue weighted by molar-refractivity contribution is 7.89. The van der Waals surface area contributed by atoms with Crippen molar-refractivity contribution >= 4 is 20.8 Å². The number of rotatable bonds is 8. The van der Waals surface area contributed by atoms with Crippen molar-refractivity contribution in [3.8, 4) is 0 Å². The van der Waals surface area contributed by atoms with E-state index >= 15 is 0 Å². The van der Waals surface area contributed by atoms with Gasteiger partial charge in [-0.05, 0) is 70.3 Å². The Morgan fingerprint density at radius 3 is 2.65 bits per heavy atom. The van der Waals surface area contributed by atoms with Crippen LogP contribution in [0.25, 0.3) is 0 Å². The van der Waals surface area contributed by atoms with Crippen LogP contribution in [0.3, 0.4) is 0 Å². The van der Waals surface area contributed by atoms with E-state index in [4.69, 9.17) is 0 Å². The van der Waals surface area contributed by atoms with Crippen LogP contribution in [0.4, 0.5) is 0 Å². The van der Waals surface area contributed by atoms with E-state index in [0.717, 1.165) is 49.5 Å². The zero-order chi connectivity index (χ0) is 24.5. The molecule has 1 saturated heterocycles. The Kier molecular flexibility index (Phi) is 7.47. The Bertz CT molecular complexity index is 1180. The van der Waals surface area contributed by atoms with Crippen LogP contribution < -0.4 is 0 Å². The van der Waals surface area contributed by atoms with E-state index in [1.165, 1.54) is 21.8 Å². The van der Waals surface area contributed by atoms with Gasteiger partial charge in [0.25, 0.3) is 10.0 Å². The number of likely N-dealkylation sites (tertiary alicyclic amines) is 1. The van der Waals surface area contributed by atoms with Gasteiger partial charge in [-0.15, -0.1) is 0 Å². The molecule has 3 heterocycles. The molecule has 0 saturated carbocycles. The van der Waals surface area contributed by atoms with Crippen LogP contribution in [0, 0.1) is 5.92 Å². The van der Waals surface area contributed by atoms with Crippen LogP contribution >= 0.6 is 0 Å². The highest BCUT2D eigenvalue weighted by Gasteiger charge is 2.44. The highest BCUT2D eigenvalue weighted by atomic mass is 32.2. The zero-order valence-electron chi connectivity index (χ0n) is 20.6. The van der Waals surface area contributed by atoms with Gasteiger partial charge in [0.2, 0.25) is 0 Å².